The Morgan fingerprint density at radius 3 is 2.52 bits per heavy atom. The van der Waals surface area contributed by atoms with E-state index < -0.39 is 12.0 Å². The second kappa shape index (κ2) is 9.83. The number of carboxylic acids is 1. The van der Waals surface area contributed by atoms with Crippen molar-refractivity contribution in [3.63, 3.8) is 0 Å². The van der Waals surface area contributed by atoms with Crippen molar-refractivity contribution < 1.29 is 19.4 Å². The van der Waals surface area contributed by atoms with Crippen LogP contribution in [0.1, 0.15) is 25.0 Å². The number of hydrogen-bond acceptors (Lipinski definition) is 4. The second-order valence-electron chi connectivity index (χ2n) is 6.45. The molecule has 0 bridgehead atoms. The van der Waals surface area contributed by atoms with Crippen molar-refractivity contribution >= 4 is 29.2 Å². The van der Waals surface area contributed by atoms with Crippen molar-refractivity contribution in [1.29, 1.82) is 0 Å². The van der Waals surface area contributed by atoms with E-state index in [0.717, 1.165) is 11.1 Å². The fourth-order valence-electron chi connectivity index (χ4n) is 2.60. The molecule has 2 aromatic rings. The van der Waals surface area contributed by atoms with E-state index in [-0.39, 0.29) is 5.92 Å². The first-order valence-corrected chi connectivity index (χ1v) is 9.27. The Hall–Kier alpha value is -1.95. The Morgan fingerprint density at radius 2 is 1.93 bits per heavy atom. The SMILES string of the molecule is COc1cc(CNC(C(=O)O)C(C)C)c(Cl)cc1OCc1cccc(Cl)c1. The van der Waals surface area contributed by atoms with Crippen LogP contribution in [0.15, 0.2) is 36.4 Å². The first kappa shape index (κ1) is 21.4. The molecule has 1 unspecified atom stereocenters. The van der Waals surface area contributed by atoms with Crippen LogP contribution in [0.5, 0.6) is 11.5 Å². The third-order valence-electron chi connectivity index (χ3n) is 4.06. The highest BCUT2D eigenvalue weighted by Crippen LogP contribution is 2.34. The standard InChI is InChI=1S/C20H23Cl2NO4/c1-12(2)19(20(24)25)23-10-14-8-17(26-3)18(9-16(14)22)27-11-13-5-4-6-15(21)7-13/h4-9,12,19,23H,10-11H2,1-3H3,(H,24,25). The van der Waals surface area contributed by atoms with E-state index in [4.69, 9.17) is 32.7 Å². The molecular formula is C20H23Cl2NO4. The Labute approximate surface area is 169 Å². The number of hydrogen-bond donors (Lipinski definition) is 2. The lowest BCUT2D eigenvalue weighted by Gasteiger charge is -2.19. The quantitative estimate of drug-likeness (QED) is 0.621. The minimum atomic E-state index is -0.894. The molecule has 0 spiro atoms. The number of aliphatic carboxylic acids is 1. The number of carbonyl (C=O) groups is 1. The smallest absolute Gasteiger partial charge is 0.320 e. The highest BCUT2D eigenvalue weighted by atomic mass is 35.5. The summed E-state index contributed by atoms with van der Waals surface area (Å²) in [5, 5.41) is 13.4. The van der Waals surface area contributed by atoms with Gasteiger partial charge >= 0.3 is 5.97 Å². The Balaban J connectivity index is 2.12. The zero-order valence-corrected chi connectivity index (χ0v) is 17.0. The van der Waals surface area contributed by atoms with Gasteiger partial charge in [0.05, 0.1) is 7.11 Å². The Bertz CT molecular complexity index is 796. The molecule has 2 N–H and O–H groups in total. The highest BCUT2D eigenvalue weighted by molar-refractivity contribution is 6.31. The minimum absolute atomic E-state index is 0.0523. The van der Waals surface area contributed by atoms with Crippen LogP contribution in [0.3, 0.4) is 0 Å². The summed E-state index contributed by atoms with van der Waals surface area (Å²) in [6.45, 7) is 4.32. The fraction of sp³-hybridized carbons (Fsp3) is 0.350. The van der Waals surface area contributed by atoms with E-state index in [0.29, 0.717) is 34.7 Å². The van der Waals surface area contributed by atoms with Gasteiger partial charge in [0.15, 0.2) is 11.5 Å². The van der Waals surface area contributed by atoms with Crippen LogP contribution >= 0.6 is 23.2 Å². The van der Waals surface area contributed by atoms with Gasteiger partial charge < -0.3 is 19.9 Å². The molecule has 7 heteroatoms. The number of methoxy groups -OCH3 is 1. The molecule has 0 amide bonds. The van der Waals surface area contributed by atoms with Gasteiger partial charge in [0.25, 0.3) is 0 Å². The van der Waals surface area contributed by atoms with Crippen molar-refractivity contribution in [3.05, 3.63) is 57.6 Å². The van der Waals surface area contributed by atoms with Crippen LogP contribution in [0.2, 0.25) is 10.0 Å². The molecule has 0 fully saturated rings. The van der Waals surface area contributed by atoms with Gasteiger partial charge in [-0.1, -0.05) is 49.2 Å². The van der Waals surface area contributed by atoms with Gasteiger partial charge in [-0.25, -0.2) is 0 Å². The van der Waals surface area contributed by atoms with E-state index in [9.17, 15) is 9.90 Å². The number of halogens is 2. The molecule has 5 nitrogen and oxygen atoms in total. The summed E-state index contributed by atoms with van der Waals surface area (Å²) < 4.78 is 11.2. The van der Waals surface area contributed by atoms with E-state index in [2.05, 4.69) is 5.32 Å². The molecule has 0 aliphatic heterocycles. The van der Waals surface area contributed by atoms with Gasteiger partial charge in [0.1, 0.15) is 12.6 Å². The van der Waals surface area contributed by atoms with E-state index in [1.807, 2.05) is 32.0 Å². The predicted molar refractivity (Wildman–Crippen MR) is 107 cm³/mol. The first-order chi connectivity index (χ1) is 12.8. The lowest BCUT2D eigenvalue weighted by atomic mass is 10.0. The monoisotopic (exact) mass is 411 g/mol. The topological polar surface area (TPSA) is 67.8 Å². The zero-order valence-electron chi connectivity index (χ0n) is 15.5. The van der Waals surface area contributed by atoms with Crippen molar-refractivity contribution in [2.45, 2.75) is 33.0 Å². The normalized spacial score (nSPS) is 12.1. The number of rotatable bonds is 9. The maximum absolute atomic E-state index is 11.3. The van der Waals surface area contributed by atoms with Crippen LogP contribution in [-0.2, 0) is 17.9 Å². The summed E-state index contributed by atoms with van der Waals surface area (Å²) >= 11 is 12.3. The van der Waals surface area contributed by atoms with E-state index in [1.165, 1.54) is 0 Å². The molecule has 27 heavy (non-hydrogen) atoms. The third-order valence-corrected chi connectivity index (χ3v) is 4.65. The summed E-state index contributed by atoms with van der Waals surface area (Å²) in [5.74, 6) is 0.0811. The summed E-state index contributed by atoms with van der Waals surface area (Å²) in [6, 6.07) is 10.2. The number of benzene rings is 2. The van der Waals surface area contributed by atoms with Gasteiger partial charge in [-0.3, -0.25) is 4.79 Å². The first-order valence-electron chi connectivity index (χ1n) is 8.51. The summed E-state index contributed by atoms with van der Waals surface area (Å²) in [4.78, 5) is 11.3. The molecule has 2 rings (SSSR count). The number of ether oxygens (including phenoxy) is 2. The fourth-order valence-corrected chi connectivity index (χ4v) is 3.03. The molecule has 1 atom stereocenters. The molecule has 0 saturated heterocycles. The van der Waals surface area contributed by atoms with Gasteiger partial charge in [-0.15, -0.1) is 0 Å². The minimum Gasteiger partial charge on any atom is -0.493 e. The van der Waals surface area contributed by atoms with Crippen LogP contribution < -0.4 is 14.8 Å². The molecule has 0 saturated carbocycles. The van der Waals surface area contributed by atoms with Crippen LogP contribution in [0.4, 0.5) is 0 Å². The van der Waals surface area contributed by atoms with E-state index in [1.54, 1.807) is 25.3 Å². The number of nitrogens with one attached hydrogen (secondary N) is 1. The summed E-state index contributed by atoms with van der Waals surface area (Å²) in [6.07, 6.45) is 0. The molecule has 0 aliphatic rings. The van der Waals surface area contributed by atoms with E-state index >= 15 is 0 Å². The molecule has 2 aromatic carbocycles. The van der Waals surface area contributed by atoms with Crippen LogP contribution in [0.25, 0.3) is 0 Å². The average Bonchev–Trinajstić information content (AvgIpc) is 2.61. The van der Waals surface area contributed by atoms with Crippen LogP contribution in [0, 0.1) is 5.92 Å². The van der Waals surface area contributed by atoms with Gasteiger partial charge in [-0.2, -0.15) is 0 Å². The van der Waals surface area contributed by atoms with Crippen molar-refractivity contribution in [1.82, 2.24) is 5.32 Å². The molecule has 0 radical (unpaired) electrons. The molecule has 0 heterocycles. The van der Waals surface area contributed by atoms with Crippen LogP contribution in [-0.4, -0.2) is 24.2 Å². The summed E-state index contributed by atoms with van der Waals surface area (Å²) in [7, 11) is 1.54. The average molecular weight is 412 g/mol. The van der Waals surface area contributed by atoms with Crippen molar-refractivity contribution in [2.75, 3.05) is 7.11 Å². The maximum atomic E-state index is 11.3. The van der Waals surface area contributed by atoms with Crippen molar-refractivity contribution in [3.8, 4) is 11.5 Å². The molecule has 146 valence electrons. The Kier molecular flexibility index (Phi) is 7.78. The second-order valence-corrected chi connectivity index (χ2v) is 7.30. The Morgan fingerprint density at radius 1 is 1.19 bits per heavy atom. The highest BCUT2D eigenvalue weighted by Gasteiger charge is 2.21. The maximum Gasteiger partial charge on any atom is 0.320 e. The molecule has 0 aliphatic carbocycles. The van der Waals surface area contributed by atoms with Crippen molar-refractivity contribution in [2.24, 2.45) is 5.92 Å². The van der Waals surface area contributed by atoms with Gasteiger partial charge in [-0.05, 0) is 35.2 Å². The third kappa shape index (κ3) is 6.03. The zero-order chi connectivity index (χ0) is 20.0. The number of carboxylic acid groups (broad SMARTS) is 1. The largest absolute Gasteiger partial charge is 0.493 e. The molecule has 0 aromatic heterocycles. The predicted octanol–water partition coefficient (Wildman–Crippen LogP) is 4.78. The summed E-state index contributed by atoms with van der Waals surface area (Å²) in [5.41, 5.74) is 1.66. The van der Waals surface area contributed by atoms with Gasteiger partial charge in [0, 0.05) is 22.7 Å². The lowest BCUT2D eigenvalue weighted by Crippen LogP contribution is -2.40. The lowest BCUT2D eigenvalue weighted by molar-refractivity contribution is -0.140. The van der Waals surface area contributed by atoms with Gasteiger partial charge in [0.2, 0.25) is 0 Å². The molecular weight excluding hydrogens is 389 g/mol.